The third kappa shape index (κ3) is 4.83. The molecule has 0 amide bonds. The lowest BCUT2D eigenvalue weighted by Crippen LogP contribution is -2.04. The highest BCUT2D eigenvalue weighted by Crippen LogP contribution is 2.34. The minimum atomic E-state index is 0.0301. The summed E-state index contributed by atoms with van der Waals surface area (Å²) in [6, 6.07) is 23.5. The van der Waals surface area contributed by atoms with Gasteiger partial charge in [-0.15, -0.1) is 0 Å². The molecule has 3 aromatic rings. The molecule has 3 heteroatoms. The molecule has 0 atom stereocenters. The van der Waals surface area contributed by atoms with E-state index in [0.717, 1.165) is 28.2 Å². The Bertz CT molecular complexity index is 839. The number of phenolic OH excluding ortho intramolecular Hbond substituents is 1. The van der Waals surface area contributed by atoms with Crippen LogP contribution in [0.1, 0.15) is 22.6 Å². The molecule has 3 aromatic carbocycles. The second kappa shape index (κ2) is 9.47. The molecule has 0 heterocycles. The summed E-state index contributed by atoms with van der Waals surface area (Å²) < 4.78 is 11.2. The lowest BCUT2D eigenvalue weighted by molar-refractivity contribution is 0.363. The zero-order valence-electron chi connectivity index (χ0n) is 15.8. The van der Waals surface area contributed by atoms with Crippen LogP contribution in [0.5, 0.6) is 17.2 Å². The molecule has 28 heavy (non-hydrogen) atoms. The Labute approximate surface area is 166 Å². The van der Waals surface area contributed by atoms with Crippen LogP contribution in [-0.2, 0) is 0 Å². The van der Waals surface area contributed by atoms with Gasteiger partial charge in [-0.1, -0.05) is 61.7 Å². The highest BCUT2D eigenvalue weighted by molar-refractivity contribution is 5.46. The molecule has 142 valence electrons. The molecular formula is C25H24O3. The largest absolute Gasteiger partial charge is 0.508 e. The average Bonchev–Trinajstić information content (AvgIpc) is 2.74. The number of ether oxygens (including phenoxy) is 2. The van der Waals surface area contributed by atoms with Gasteiger partial charge in [0.1, 0.15) is 30.5 Å². The van der Waals surface area contributed by atoms with Gasteiger partial charge in [0, 0.05) is 5.92 Å². The fraction of sp³-hybridized carbons (Fsp3) is 0.120. The topological polar surface area (TPSA) is 38.7 Å². The van der Waals surface area contributed by atoms with Crippen LogP contribution in [0, 0.1) is 0 Å². The van der Waals surface area contributed by atoms with Gasteiger partial charge < -0.3 is 14.6 Å². The number of hydrogen-bond donors (Lipinski definition) is 1. The van der Waals surface area contributed by atoms with Gasteiger partial charge in [-0.3, -0.25) is 0 Å². The van der Waals surface area contributed by atoms with E-state index >= 15 is 0 Å². The molecule has 0 spiro atoms. The lowest BCUT2D eigenvalue weighted by Gasteiger charge is -2.20. The van der Waals surface area contributed by atoms with Gasteiger partial charge in [0.25, 0.3) is 0 Å². The van der Waals surface area contributed by atoms with Crippen LogP contribution in [0.3, 0.4) is 0 Å². The monoisotopic (exact) mass is 372 g/mol. The fourth-order valence-electron chi connectivity index (χ4n) is 3.07. The summed E-state index contributed by atoms with van der Waals surface area (Å²) in [5, 5.41) is 9.67. The second-order valence-corrected chi connectivity index (χ2v) is 6.36. The number of aromatic hydroxyl groups is 1. The maximum absolute atomic E-state index is 9.67. The molecule has 1 N–H and O–H groups in total. The van der Waals surface area contributed by atoms with E-state index in [4.69, 9.17) is 9.47 Å². The SMILES string of the molecule is C=CCOc1ccc(C(c2ccc(O)cc2)c2ccc(OCC=C)cc2)cc1. The molecule has 0 radical (unpaired) electrons. The summed E-state index contributed by atoms with van der Waals surface area (Å²) in [5.41, 5.74) is 3.37. The predicted molar refractivity (Wildman–Crippen MR) is 113 cm³/mol. The van der Waals surface area contributed by atoms with Gasteiger partial charge in [-0.05, 0) is 53.1 Å². The van der Waals surface area contributed by atoms with Crippen LogP contribution in [0.15, 0.2) is 98.1 Å². The summed E-state index contributed by atoms with van der Waals surface area (Å²) in [5.74, 6) is 1.90. The first kappa shape index (κ1) is 19.3. The quantitative estimate of drug-likeness (QED) is 0.387. The van der Waals surface area contributed by atoms with Crippen molar-refractivity contribution in [2.45, 2.75) is 5.92 Å². The normalized spacial score (nSPS) is 10.5. The fourth-order valence-corrected chi connectivity index (χ4v) is 3.07. The van der Waals surface area contributed by atoms with E-state index in [1.165, 1.54) is 0 Å². The average molecular weight is 372 g/mol. The summed E-state index contributed by atoms with van der Waals surface area (Å²) in [4.78, 5) is 0. The van der Waals surface area contributed by atoms with Crippen molar-refractivity contribution in [3.8, 4) is 17.2 Å². The van der Waals surface area contributed by atoms with E-state index in [9.17, 15) is 5.11 Å². The van der Waals surface area contributed by atoms with Gasteiger partial charge in [-0.25, -0.2) is 0 Å². The van der Waals surface area contributed by atoms with Crippen LogP contribution in [-0.4, -0.2) is 18.3 Å². The maximum atomic E-state index is 9.67. The third-order valence-corrected chi connectivity index (χ3v) is 4.39. The second-order valence-electron chi connectivity index (χ2n) is 6.36. The number of benzene rings is 3. The number of hydrogen-bond acceptors (Lipinski definition) is 3. The van der Waals surface area contributed by atoms with Crippen LogP contribution < -0.4 is 9.47 Å². The molecule has 0 fully saturated rings. The molecule has 3 nitrogen and oxygen atoms in total. The highest BCUT2D eigenvalue weighted by Gasteiger charge is 2.17. The molecule has 0 aliphatic carbocycles. The molecule has 0 unspecified atom stereocenters. The first-order valence-corrected chi connectivity index (χ1v) is 9.17. The summed E-state index contributed by atoms with van der Waals surface area (Å²) in [6.45, 7) is 8.30. The van der Waals surface area contributed by atoms with Crippen LogP contribution in [0.2, 0.25) is 0 Å². The molecule has 0 saturated carbocycles. The van der Waals surface area contributed by atoms with Crippen molar-refractivity contribution in [3.63, 3.8) is 0 Å². The van der Waals surface area contributed by atoms with E-state index in [-0.39, 0.29) is 11.7 Å². The molecule has 0 aliphatic heterocycles. The van der Waals surface area contributed by atoms with Crippen LogP contribution in [0.4, 0.5) is 0 Å². The van der Waals surface area contributed by atoms with E-state index in [1.807, 2.05) is 36.4 Å². The summed E-state index contributed by atoms with van der Waals surface area (Å²) >= 11 is 0. The van der Waals surface area contributed by atoms with Crippen LogP contribution >= 0.6 is 0 Å². The maximum Gasteiger partial charge on any atom is 0.119 e. The van der Waals surface area contributed by atoms with Crippen molar-refractivity contribution >= 4 is 0 Å². The molecular weight excluding hydrogens is 348 g/mol. The Balaban J connectivity index is 1.94. The molecule has 0 saturated heterocycles. The predicted octanol–water partition coefficient (Wildman–Crippen LogP) is 5.70. The van der Waals surface area contributed by atoms with Crippen LogP contribution in [0.25, 0.3) is 0 Å². The Morgan fingerprint density at radius 3 is 1.36 bits per heavy atom. The van der Waals surface area contributed by atoms with Crippen molar-refractivity contribution in [1.29, 1.82) is 0 Å². The zero-order chi connectivity index (χ0) is 19.8. The first-order valence-electron chi connectivity index (χ1n) is 9.17. The van der Waals surface area contributed by atoms with Crippen molar-refractivity contribution in [2.24, 2.45) is 0 Å². The Hall–Kier alpha value is -3.46. The van der Waals surface area contributed by atoms with Gasteiger partial charge in [-0.2, -0.15) is 0 Å². The lowest BCUT2D eigenvalue weighted by atomic mass is 9.85. The van der Waals surface area contributed by atoms with Gasteiger partial charge in [0.15, 0.2) is 0 Å². The van der Waals surface area contributed by atoms with Gasteiger partial charge in [0.2, 0.25) is 0 Å². The van der Waals surface area contributed by atoms with Crippen molar-refractivity contribution < 1.29 is 14.6 Å². The van der Waals surface area contributed by atoms with Crippen molar-refractivity contribution in [2.75, 3.05) is 13.2 Å². The van der Waals surface area contributed by atoms with Gasteiger partial charge in [0.05, 0.1) is 0 Å². The minimum Gasteiger partial charge on any atom is -0.508 e. The van der Waals surface area contributed by atoms with E-state index < -0.39 is 0 Å². The standard InChI is InChI=1S/C25H24O3/c1-3-17-27-23-13-7-20(8-14-23)25(19-5-11-22(26)12-6-19)21-9-15-24(16-10-21)28-18-4-2/h3-16,25-26H,1-2,17-18H2. The first-order chi connectivity index (χ1) is 13.7. The van der Waals surface area contributed by atoms with Crippen molar-refractivity contribution in [1.82, 2.24) is 0 Å². The minimum absolute atomic E-state index is 0.0301. The van der Waals surface area contributed by atoms with Crippen molar-refractivity contribution in [3.05, 3.63) is 115 Å². The Kier molecular flexibility index (Phi) is 6.53. The van der Waals surface area contributed by atoms with E-state index in [0.29, 0.717) is 13.2 Å². The van der Waals surface area contributed by atoms with E-state index in [2.05, 4.69) is 37.4 Å². The molecule has 0 aromatic heterocycles. The molecule has 0 bridgehead atoms. The summed E-state index contributed by atoms with van der Waals surface area (Å²) in [7, 11) is 0. The molecule has 3 rings (SSSR count). The molecule has 0 aliphatic rings. The Morgan fingerprint density at radius 2 is 1.00 bits per heavy atom. The van der Waals surface area contributed by atoms with Gasteiger partial charge >= 0.3 is 0 Å². The third-order valence-electron chi connectivity index (χ3n) is 4.39. The summed E-state index contributed by atoms with van der Waals surface area (Å²) in [6.07, 6.45) is 3.45. The Morgan fingerprint density at radius 1 is 0.643 bits per heavy atom. The number of phenols is 1. The number of rotatable bonds is 9. The highest BCUT2D eigenvalue weighted by atomic mass is 16.5. The zero-order valence-corrected chi connectivity index (χ0v) is 15.8. The van der Waals surface area contributed by atoms with E-state index in [1.54, 1.807) is 24.3 Å². The smallest absolute Gasteiger partial charge is 0.119 e.